The van der Waals surface area contributed by atoms with Gasteiger partial charge >= 0.3 is 5.84 Å². The number of aromatic nitrogens is 1. The molecule has 5 nitrogen and oxygen atoms in total. The van der Waals surface area contributed by atoms with Crippen molar-refractivity contribution in [1.29, 1.82) is 0 Å². The molecule has 1 aromatic heterocycles. The highest BCUT2D eigenvalue weighted by Crippen LogP contribution is 2.30. The lowest BCUT2D eigenvalue weighted by Gasteiger charge is -2.09. The second kappa shape index (κ2) is 6.51. The summed E-state index contributed by atoms with van der Waals surface area (Å²) in [4.78, 5) is 0. The van der Waals surface area contributed by atoms with Crippen LogP contribution >= 0.6 is 11.6 Å². The van der Waals surface area contributed by atoms with E-state index in [1.165, 1.54) is 0 Å². The van der Waals surface area contributed by atoms with Crippen LogP contribution in [0.3, 0.4) is 0 Å². The highest BCUT2D eigenvalue weighted by atomic mass is 35.5. The van der Waals surface area contributed by atoms with Gasteiger partial charge in [0.05, 0.1) is 27.1 Å². The quantitative estimate of drug-likeness (QED) is 0.190. The van der Waals surface area contributed by atoms with Crippen LogP contribution in [0, 0.1) is 12.1 Å². The fourth-order valence-electron chi connectivity index (χ4n) is 3.16. The lowest BCUT2D eigenvalue weighted by Crippen LogP contribution is -2.38. The zero-order valence-electron chi connectivity index (χ0n) is 13.8. The Morgan fingerprint density at radius 1 is 1.15 bits per heavy atom. The number of nitrogens with zero attached hydrogens (tertiary/aromatic N) is 3. The number of rotatable bonds is 3. The lowest BCUT2D eigenvalue weighted by atomic mass is 10.1. The Morgan fingerprint density at radius 2 is 2.00 bits per heavy atom. The summed E-state index contributed by atoms with van der Waals surface area (Å²) in [6.07, 6.45) is 0. The first kappa shape index (κ1) is 16.1. The third-order valence-electron chi connectivity index (χ3n) is 4.37. The van der Waals surface area contributed by atoms with Gasteiger partial charge in [-0.1, -0.05) is 41.9 Å². The van der Waals surface area contributed by atoms with E-state index < -0.39 is 0 Å². The Labute approximate surface area is 155 Å². The molecule has 0 fully saturated rings. The summed E-state index contributed by atoms with van der Waals surface area (Å²) in [5.41, 5.74) is 3.90. The molecule has 26 heavy (non-hydrogen) atoms. The smallest absolute Gasteiger partial charge is 0.335 e. The fourth-order valence-corrected chi connectivity index (χ4v) is 3.36. The van der Waals surface area contributed by atoms with E-state index in [9.17, 15) is 0 Å². The maximum absolute atomic E-state index is 6.36. The van der Waals surface area contributed by atoms with E-state index in [2.05, 4.69) is 27.0 Å². The van der Waals surface area contributed by atoms with E-state index in [0.717, 1.165) is 38.0 Å². The van der Waals surface area contributed by atoms with Gasteiger partial charge in [-0.25, -0.2) is 0 Å². The van der Waals surface area contributed by atoms with Gasteiger partial charge in [-0.05, 0) is 42.0 Å². The predicted octanol–water partition coefficient (Wildman–Crippen LogP) is 2.93. The summed E-state index contributed by atoms with van der Waals surface area (Å²) < 4.78 is 2.21. The van der Waals surface area contributed by atoms with Crippen LogP contribution < -0.4 is 11.3 Å². The van der Waals surface area contributed by atoms with E-state index in [1.807, 2.05) is 54.6 Å². The minimum Gasteiger partial charge on any atom is -0.335 e. The van der Waals surface area contributed by atoms with Crippen molar-refractivity contribution < 1.29 is 5.41 Å². The van der Waals surface area contributed by atoms with Crippen molar-refractivity contribution in [3.8, 4) is 0 Å². The molecule has 0 aliphatic rings. The normalized spacial score (nSPS) is 11.3. The molecule has 0 aliphatic carbocycles. The number of hydrogen-bond donors (Lipinski definition) is 2. The summed E-state index contributed by atoms with van der Waals surface area (Å²) in [6, 6.07) is 23.8. The van der Waals surface area contributed by atoms with Crippen LogP contribution in [0.25, 0.3) is 21.8 Å². The molecule has 4 aromatic rings. The molecular formula is C20H15ClN5+. The van der Waals surface area contributed by atoms with Crippen molar-refractivity contribution in [2.45, 2.75) is 6.54 Å². The Kier molecular flexibility index (Phi) is 4.04. The third-order valence-corrected chi connectivity index (χ3v) is 4.74. The molecule has 0 radical (unpaired) electrons. The SMILES string of the molecule is NN=NC(=[NH2+])c1ccc2c(c1)c1c#cccc1n2Cc1ccccc1Cl. The molecule has 0 aliphatic heterocycles. The lowest BCUT2D eigenvalue weighted by molar-refractivity contribution is -0.114. The van der Waals surface area contributed by atoms with Crippen molar-refractivity contribution in [3.63, 3.8) is 0 Å². The number of amidine groups is 1. The van der Waals surface area contributed by atoms with E-state index in [1.54, 1.807) is 0 Å². The molecular weight excluding hydrogens is 346 g/mol. The molecule has 4 N–H and O–H groups in total. The van der Waals surface area contributed by atoms with Crippen molar-refractivity contribution >= 4 is 39.2 Å². The minimum atomic E-state index is 0.265. The Balaban J connectivity index is 1.94. The standard InChI is InChI=1S/C20H14ClN5/c21-17-7-3-1-5-14(17)12-26-18-8-4-2-6-15(18)16-11-13(9-10-19(16)26)20(22)24-25-23/h1,3-5,7-11H,12H2,(H3,22,23,24)/p+1. The van der Waals surface area contributed by atoms with Gasteiger partial charge in [-0.3, -0.25) is 11.3 Å². The number of nitrogens with two attached hydrogens (primary N) is 2. The van der Waals surface area contributed by atoms with Gasteiger partial charge < -0.3 is 4.57 Å². The molecule has 0 bridgehead atoms. The van der Waals surface area contributed by atoms with Crippen molar-refractivity contribution in [1.82, 2.24) is 4.57 Å². The van der Waals surface area contributed by atoms with Gasteiger partial charge in [0.25, 0.3) is 0 Å². The number of hydrogen-bond acceptors (Lipinski definition) is 1. The molecule has 4 rings (SSSR count). The van der Waals surface area contributed by atoms with Crippen LogP contribution in [0.2, 0.25) is 5.02 Å². The van der Waals surface area contributed by atoms with Gasteiger partial charge in [-0.2, -0.15) is 0 Å². The van der Waals surface area contributed by atoms with E-state index in [4.69, 9.17) is 22.9 Å². The highest BCUT2D eigenvalue weighted by Gasteiger charge is 2.15. The monoisotopic (exact) mass is 360 g/mol. The largest absolute Gasteiger partial charge is 0.350 e. The van der Waals surface area contributed by atoms with Crippen LogP contribution in [0.1, 0.15) is 11.1 Å². The summed E-state index contributed by atoms with van der Waals surface area (Å²) in [6.45, 7) is 0.651. The average molecular weight is 361 g/mol. The first-order valence-electron chi connectivity index (χ1n) is 8.00. The highest BCUT2D eigenvalue weighted by molar-refractivity contribution is 6.31. The molecule has 0 saturated carbocycles. The molecule has 0 amide bonds. The van der Waals surface area contributed by atoms with Crippen LogP contribution in [-0.2, 0) is 6.54 Å². The Hall–Kier alpha value is -3.36. The Bertz CT molecular complexity index is 1160. The number of benzene rings is 2. The van der Waals surface area contributed by atoms with Crippen LogP contribution in [0.5, 0.6) is 0 Å². The third kappa shape index (κ3) is 2.67. The van der Waals surface area contributed by atoms with Gasteiger partial charge in [-0.15, -0.1) is 0 Å². The topological polar surface area (TPSA) is 81.3 Å². The van der Waals surface area contributed by atoms with Crippen molar-refractivity contribution in [2.75, 3.05) is 0 Å². The van der Waals surface area contributed by atoms with Crippen LogP contribution in [0.4, 0.5) is 0 Å². The van der Waals surface area contributed by atoms with Gasteiger partial charge in [0.2, 0.25) is 0 Å². The molecule has 0 unspecified atom stereocenters. The zero-order valence-corrected chi connectivity index (χ0v) is 14.5. The van der Waals surface area contributed by atoms with Crippen LogP contribution in [0.15, 0.2) is 64.9 Å². The summed E-state index contributed by atoms with van der Waals surface area (Å²) in [7, 11) is 0. The maximum atomic E-state index is 6.36. The second-order valence-electron chi connectivity index (χ2n) is 5.87. The summed E-state index contributed by atoms with van der Waals surface area (Å²) in [5.74, 6) is 5.37. The molecule has 1 heterocycles. The van der Waals surface area contributed by atoms with E-state index in [0.29, 0.717) is 6.54 Å². The predicted molar refractivity (Wildman–Crippen MR) is 103 cm³/mol. The molecule has 126 valence electrons. The fraction of sp³-hybridized carbons (Fsp3) is 0.0500. The second-order valence-corrected chi connectivity index (χ2v) is 6.28. The first-order valence-corrected chi connectivity index (χ1v) is 8.38. The maximum Gasteiger partial charge on any atom is 0.350 e. The minimum absolute atomic E-state index is 0.265. The van der Waals surface area contributed by atoms with E-state index >= 15 is 0 Å². The van der Waals surface area contributed by atoms with Crippen molar-refractivity contribution in [3.05, 3.63) is 82.9 Å². The molecule has 0 spiro atoms. The zero-order chi connectivity index (χ0) is 18.1. The summed E-state index contributed by atoms with van der Waals surface area (Å²) in [5, 5.41) is 15.6. The average Bonchev–Trinajstić information content (AvgIpc) is 2.97. The van der Waals surface area contributed by atoms with Crippen LogP contribution in [-0.4, -0.2) is 10.4 Å². The molecule has 6 heteroatoms. The van der Waals surface area contributed by atoms with E-state index in [-0.39, 0.29) is 5.84 Å². The van der Waals surface area contributed by atoms with Gasteiger partial charge in [0, 0.05) is 22.2 Å². The molecule has 3 aromatic carbocycles. The number of halogens is 1. The summed E-state index contributed by atoms with van der Waals surface area (Å²) >= 11 is 6.36. The molecule has 0 saturated heterocycles. The van der Waals surface area contributed by atoms with Crippen molar-refractivity contribution in [2.24, 2.45) is 16.2 Å². The molecule has 0 atom stereocenters. The number of fused-ring (bicyclic) bond motifs is 3. The van der Waals surface area contributed by atoms with Gasteiger partial charge in [0.1, 0.15) is 0 Å². The Morgan fingerprint density at radius 3 is 2.81 bits per heavy atom. The first-order chi connectivity index (χ1) is 12.7. The van der Waals surface area contributed by atoms with Gasteiger partial charge in [0.15, 0.2) is 0 Å².